The number of halogens is 5. The minimum atomic E-state index is -4.10. The molecule has 0 aliphatic heterocycles. The van der Waals surface area contributed by atoms with Crippen LogP contribution in [0.3, 0.4) is 0 Å². The van der Waals surface area contributed by atoms with Gasteiger partial charge < -0.3 is 5.11 Å². The molecule has 0 saturated carbocycles. The molecule has 6 heteroatoms. The van der Waals surface area contributed by atoms with Crippen LogP contribution in [-0.2, 0) is 0 Å². The van der Waals surface area contributed by atoms with Crippen molar-refractivity contribution >= 4 is 23.2 Å². The van der Waals surface area contributed by atoms with Gasteiger partial charge in [0.1, 0.15) is 0 Å². The highest BCUT2D eigenvalue weighted by Gasteiger charge is 2.50. The Morgan fingerprint density at radius 1 is 1.33 bits per heavy atom. The molecule has 0 rings (SSSR count). The van der Waals surface area contributed by atoms with Crippen LogP contribution in [0.5, 0.6) is 0 Å². The van der Waals surface area contributed by atoms with Gasteiger partial charge in [-0.3, -0.25) is 0 Å². The lowest BCUT2D eigenvalue weighted by atomic mass is 10.4. The molecular weight excluding hydrogens is 180 g/mol. The second kappa shape index (κ2) is 2.52. The molecule has 0 aromatic heterocycles. The first-order chi connectivity index (χ1) is 3.81. The molecule has 56 valence electrons. The van der Waals surface area contributed by atoms with E-state index in [1.165, 1.54) is 0 Å². The van der Waals surface area contributed by atoms with Gasteiger partial charge in [-0.2, -0.15) is 8.78 Å². The molecule has 0 fully saturated rings. The van der Waals surface area contributed by atoms with Crippen LogP contribution in [0.2, 0.25) is 0 Å². The first-order valence-electron chi connectivity index (χ1n) is 1.85. The minimum Gasteiger partial charge on any atom is -0.358 e. The topological polar surface area (TPSA) is 20.2 Å². The lowest BCUT2D eigenvalue weighted by molar-refractivity contribution is -0.106. The third-order valence-electron chi connectivity index (χ3n) is 0.608. The molecule has 0 amide bonds. The molecule has 0 spiro atoms. The van der Waals surface area contributed by atoms with Gasteiger partial charge >= 0.3 is 5.92 Å². The molecule has 0 unspecified atom stereocenters. The van der Waals surface area contributed by atoms with Gasteiger partial charge in [-0.25, -0.2) is 4.39 Å². The average molecular weight is 183 g/mol. The summed E-state index contributed by atoms with van der Waals surface area (Å²) >= 11 is 8.91. The predicted octanol–water partition coefficient (Wildman–Crippen LogP) is 1.71. The summed E-state index contributed by atoms with van der Waals surface area (Å²) in [6.07, 6.45) is 0. The van der Waals surface area contributed by atoms with Crippen LogP contribution in [-0.4, -0.2) is 22.2 Å². The zero-order valence-electron chi connectivity index (χ0n) is 4.04. The molecule has 0 aromatic carbocycles. The molecule has 0 heterocycles. The zero-order chi connectivity index (χ0) is 7.71. The van der Waals surface area contributed by atoms with E-state index in [1.807, 2.05) is 0 Å². The molecule has 0 aliphatic rings. The largest absolute Gasteiger partial charge is 0.358 e. The molecular formula is C3H3Cl2F3O. The van der Waals surface area contributed by atoms with Gasteiger partial charge in [0, 0.05) is 0 Å². The van der Waals surface area contributed by atoms with E-state index in [1.54, 1.807) is 0 Å². The standard InChI is InChI=1S/C3H3Cl2F3O/c4-3(5,9)2(7,8)1-6/h9H,1H2. The van der Waals surface area contributed by atoms with Gasteiger partial charge in [0.2, 0.25) is 0 Å². The average Bonchev–Trinajstić information content (AvgIpc) is 1.64. The van der Waals surface area contributed by atoms with E-state index in [9.17, 15) is 13.2 Å². The van der Waals surface area contributed by atoms with Crippen LogP contribution in [0.4, 0.5) is 13.2 Å². The first kappa shape index (κ1) is 9.33. The summed E-state index contributed by atoms with van der Waals surface area (Å²) < 4.78 is 31.4. The van der Waals surface area contributed by atoms with E-state index < -0.39 is 17.1 Å². The van der Waals surface area contributed by atoms with Crippen LogP contribution in [0.1, 0.15) is 0 Å². The fraction of sp³-hybridized carbons (Fsp3) is 1.00. The van der Waals surface area contributed by atoms with E-state index in [2.05, 4.69) is 23.2 Å². The Morgan fingerprint density at radius 3 is 1.67 bits per heavy atom. The van der Waals surface area contributed by atoms with Gasteiger partial charge in [-0.15, -0.1) is 0 Å². The summed E-state index contributed by atoms with van der Waals surface area (Å²) in [5, 5.41) is 8.09. The molecule has 1 nitrogen and oxygen atoms in total. The second-order valence-corrected chi connectivity index (χ2v) is 2.67. The van der Waals surface area contributed by atoms with E-state index in [4.69, 9.17) is 5.11 Å². The maximum Gasteiger partial charge on any atom is 0.332 e. The third-order valence-corrected chi connectivity index (χ3v) is 1.16. The van der Waals surface area contributed by atoms with Crippen LogP contribution < -0.4 is 0 Å². The molecule has 1 N–H and O–H groups in total. The smallest absolute Gasteiger partial charge is 0.332 e. The highest BCUT2D eigenvalue weighted by molar-refractivity contribution is 6.47. The number of aliphatic hydroxyl groups is 1. The summed E-state index contributed by atoms with van der Waals surface area (Å²) in [5.74, 6) is -4.10. The van der Waals surface area contributed by atoms with Crippen molar-refractivity contribution in [3.63, 3.8) is 0 Å². The van der Waals surface area contributed by atoms with Crippen molar-refractivity contribution in [1.29, 1.82) is 0 Å². The first-order valence-corrected chi connectivity index (χ1v) is 2.61. The van der Waals surface area contributed by atoms with Crippen LogP contribution in [0.25, 0.3) is 0 Å². The van der Waals surface area contributed by atoms with Gasteiger partial charge in [-0.1, -0.05) is 23.2 Å². The molecule has 0 atom stereocenters. The number of hydrogen-bond donors (Lipinski definition) is 1. The number of alkyl halides is 5. The highest BCUT2D eigenvalue weighted by atomic mass is 35.5. The Labute approximate surface area is 59.4 Å². The summed E-state index contributed by atoms with van der Waals surface area (Å²) in [6, 6.07) is 0. The molecule has 0 radical (unpaired) electrons. The van der Waals surface area contributed by atoms with Crippen molar-refractivity contribution in [2.75, 3.05) is 6.67 Å². The SMILES string of the molecule is OC(Cl)(Cl)C(F)(F)CF. The van der Waals surface area contributed by atoms with Crippen molar-refractivity contribution in [3.8, 4) is 0 Å². The van der Waals surface area contributed by atoms with Gasteiger partial charge in [-0.05, 0) is 0 Å². The Bertz CT molecular complexity index is 99.7. The molecule has 0 aromatic rings. The summed E-state index contributed by atoms with van der Waals surface area (Å²) in [5.41, 5.74) is 0. The van der Waals surface area contributed by atoms with Crippen molar-refractivity contribution in [1.82, 2.24) is 0 Å². The fourth-order valence-electron chi connectivity index (χ4n) is 0.0804. The van der Waals surface area contributed by atoms with Crippen molar-refractivity contribution < 1.29 is 18.3 Å². The van der Waals surface area contributed by atoms with E-state index in [-0.39, 0.29) is 0 Å². The third kappa shape index (κ3) is 2.20. The van der Waals surface area contributed by atoms with E-state index in [0.29, 0.717) is 0 Å². The summed E-state index contributed by atoms with van der Waals surface area (Å²) in [4.78, 5) is 0. The van der Waals surface area contributed by atoms with Crippen molar-refractivity contribution in [2.45, 2.75) is 10.4 Å². The summed E-state index contributed by atoms with van der Waals surface area (Å²) in [6.45, 7) is -2.09. The zero-order valence-corrected chi connectivity index (χ0v) is 5.56. The quantitative estimate of drug-likeness (QED) is 0.646. The Balaban J connectivity index is 4.14. The lowest BCUT2D eigenvalue weighted by Crippen LogP contribution is -2.39. The highest BCUT2D eigenvalue weighted by Crippen LogP contribution is 2.35. The summed E-state index contributed by atoms with van der Waals surface area (Å²) in [7, 11) is 0. The van der Waals surface area contributed by atoms with Gasteiger partial charge in [0.15, 0.2) is 6.67 Å². The van der Waals surface area contributed by atoms with Crippen LogP contribution in [0.15, 0.2) is 0 Å². The Hall–Kier alpha value is 0.330. The van der Waals surface area contributed by atoms with Crippen molar-refractivity contribution in [2.24, 2.45) is 0 Å². The Morgan fingerprint density at radius 2 is 1.67 bits per heavy atom. The maximum absolute atomic E-state index is 11.8. The lowest BCUT2D eigenvalue weighted by Gasteiger charge is -2.20. The minimum absolute atomic E-state index is 2.09. The normalized spacial score (nSPS) is 14.0. The molecule has 0 bridgehead atoms. The number of hydrogen-bond acceptors (Lipinski definition) is 1. The second-order valence-electron chi connectivity index (χ2n) is 1.38. The van der Waals surface area contributed by atoms with E-state index >= 15 is 0 Å². The van der Waals surface area contributed by atoms with Crippen LogP contribution in [0, 0.1) is 0 Å². The predicted molar refractivity (Wildman–Crippen MR) is 27.6 cm³/mol. The molecule has 0 aliphatic carbocycles. The fourth-order valence-corrected chi connectivity index (χ4v) is 0.181. The maximum atomic E-state index is 11.8. The molecule has 9 heavy (non-hydrogen) atoms. The van der Waals surface area contributed by atoms with Crippen LogP contribution >= 0.6 is 23.2 Å². The van der Waals surface area contributed by atoms with Gasteiger partial charge in [0.05, 0.1) is 0 Å². The van der Waals surface area contributed by atoms with Crippen molar-refractivity contribution in [3.05, 3.63) is 0 Å². The number of rotatable bonds is 2. The Kier molecular flexibility index (Phi) is 2.61. The monoisotopic (exact) mass is 182 g/mol. The molecule has 0 saturated heterocycles. The van der Waals surface area contributed by atoms with Gasteiger partial charge in [0.25, 0.3) is 4.52 Å². The van der Waals surface area contributed by atoms with E-state index in [0.717, 1.165) is 0 Å².